The second-order valence-electron chi connectivity index (χ2n) is 13.4. The van der Waals surface area contributed by atoms with Crippen LogP contribution in [0.3, 0.4) is 0 Å². The molecule has 3 aromatic heterocycles. The highest BCUT2D eigenvalue weighted by molar-refractivity contribution is 5.92. The number of piperazine rings is 1. The summed E-state index contributed by atoms with van der Waals surface area (Å²) >= 11 is 0. The normalized spacial score (nSPS) is 17.0. The quantitative estimate of drug-likeness (QED) is 0.255. The Bertz CT molecular complexity index is 1940. The Hall–Kier alpha value is -4.85. The predicted molar refractivity (Wildman–Crippen MR) is 176 cm³/mol. The number of anilines is 1. The summed E-state index contributed by atoms with van der Waals surface area (Å²) in [6.45, 7) is 17.7. The van der Waals surface area contributed by atoms with Gasteiger partial charge in [0.1, 0.15) is 23.3 Å². The summed E-state index contributed by atoms with van der Waals surface area (Å²) in [6.07, 6.45) is 1.29. The van der Waals surface area contributed by atoms with Gasteiger partial charge in [-0.3, -0.25) is 4.98 Å². The highest BCUT2D eigenvalue weighted by Crippen LogP contribution is 2.35. The van der Waals surface area contributed by atoms with E-state index in [-0.39, 0.29) is 40.5 Å². The number of carbonyl (C=O) groups is 1. The summed E-state index contributed by atoms with van der Waals surface area (Å²) in [5.41, 5.74) is 2.26. The number of fused-ring (bicyclic) bond motifs is 1. The molecule has 4 heterocycles. The van der Waals surface area contributed by atoms with Gasteiger partial charge in [0.25, 0.3) is 0 Å². The number of benzene rings is 1. The van der Waals surface area contributed by atoms with Gasteiger partial charge in [-0.05, 0) is 84.2 Å². The van der Waals surface area contributed by atoms with Crippen molar-refractivity contribution < 1.29 is 13.9 Å². The van der Waals surface area contributed by atoms with E-state index in [0.717, 1.165) is 11.1 Å². The van der Waals surface area contributed by atoms with Crippen LogP contribution in [0.2, 0.25) is 0 Å². The van der Waals surface area contributed by atoms with Crippen LogP contribution in [-0.4, -0.2) is 61.3 Å². The van der Waals surface area contributed by atoms with Crippen LogP contribution < -0.4 is 10.6 Å². The van der Waals surface area contributed by atoms with Gasteiger partial charge in [-0.25, -0.2) is 23.5 Å². The van der Waals surface area contributed by atoms with E-state index in [4.69, 9.17) is 9.72 Å². The second-order valence-corrected chi connectivity index (χ2v) is 13.4. The maximum atomic E-state index is 15.3. The molecule has 10 nitrogen and oxygen atoms in total. The summed E-state index contributed by atoms with van der Waals surface area (Å²) in [5, 5.41) is 10.8. The molecular formula is C35H40FN7O3. The number of amides is 1. The number of nitriles is 1. The molecule has 1 aliphatic heterocycles. The van der Waals surface area contributed by atoms with Crippen molar-refractivity contribution in [1.82, 2.24) is 24.4 Å². The molecule has 11 heteroatoms. The fourth-order valence-corrected chi connectivity index (χ4v) is 5.94. The summed E-state index contributed by atoms with van der Waals surface area (Å²) in [7, 11) is 0. The summed E-state index contributed by atoms with van der Waals surface area (Å²) in [4.78, 5) is 45.0. The molecule has 0 spiro atoms. The van der Waals surface area contributed by atoms with E-state index in [9.17, 15) is 14.9 Å². The van der Waals surface area contributed by atoms with Gasteiger partial charge in [-0.1, -0.05) is 25.5 Å². The molecule has 1 aromatic carbocycles. The first-order valence-corrected chi connectivity index (χ1v) is 15.5. The number of rotatable bonds is 4. The summed E-state index contributed by atoms with van der Waals surface area (Å²) < 4.78 is 22.4. The number of aromatic nitrogens is 4. The topological polar surface area (TPSA) is 117 Å². The van der Waals surface area contributed by atoms with Gasteiger partial charge >= 0.3 is 11.8 Å². The number of pyridine rings is 2. The van der Waals surface area contributed by atoms with Gasteiger partial charge in [0.2, 0.25) is 0 Å². The maximum Gasteiger partial charge on any atom is 0.410 e. The van der Waals surface area contributed by atoms with Crippen molar-refractivity contribution in [3.8, 4) is 23.0 Å². The van der Waals surface area contributed by atoms with E-state index in [1.807, 2.05) is 73.3 Å². The molecule has 2 atom stereocenters. The first-order chi connectivity index (χ1) is 21.6. The largest absolute Gasteiger partial charge is 0.444 e. The molecular weight excluding hydrogens is 585 g/mol. The Balaban J connectivity index is 1.79. The lowest BCUT2D eigenvalue weighted by Crippen LogP contribution is -2.59. The number of aryl methyl sites for hydroxylation is 2. The van der Waals surface area contributed by atoms with Crippen LogP contribution in [0.4, 0.5) is 15.0 Å². The van der Waals surface area contributed by atoms with Gasteiger partial charge in [-0.15, -0.1) is 0 Å². The van der Waals surface area contributed by atoms with Crippen LogP contribution >= 0.6 is 0 Å². The molecule has 4 aromatic rings. The molecule has 0 radical (unpaired) electrons. The monoisotopic (exact) mass is 625 g/mol. The van der Waals surface area contributed by atoms with Crippen molar-refractivity contribution in [3.05, 3.63) is 75.2 Å². The van der Waals surface area contributed by atoms with E-state index >= 15 is 4.39 Å². The fraction of sp³-hybridized carbons (Fsp3) is 0.429. The Morgan fingerprint density at radius 1 is 1.09 bits per heavy atom. The molecule has 0 saturated carbocycles. The Labute approximate surface area is 268 Å². The van der Waals surface area contributed by atoms with Crippen molar-refractivity contribution in [2.24, 2.45) is 0 Å². The summed E-state index contributed by atoms with van der Waals surface area (Å²) in [6, 6.07) is 9.75. The molecule has 0 bridgehead atoms. The average Bonchev–Trinajstić information content (AvgIpc) is 2.97. The van der Waals surface area contributed by atoms with Gasteiger partial charge in [-0.2, -0.15) is 10.2 Å². The molecule has 5 rings (SSSR count). The number of carbonyl (C=O) groups excluding carboxylic acids is 1. The molecule has 1 fully saturated rings. The molecule has 0 aliphatic carbocycles. The lowest BCUT2D eigenvalue weighted by Gasteiger charge is -2.44. The summed E-state index contributed by atoms with van der Waals surface area (Å²) in [5.74, 6) is -0.226. The van der Waals surface area contributed by atoms with Crippen molar-refractivity contribution in [1.29, 1.82) is 5.26 Å². The Morgan fingerprint density at radius 3 is 2.46 bits per heavy atom. The molecule has 1 aliphatic rings. The zero-order valence-electron chi connectivity index (χ0n) is 27.8. The highest BCUT2D eigenvalue weighted by atomic mass is 19.1. The smallest absolute Gasteiger partial charge is 0.410 e. The molecule has 1 saturated heterocycles. The van der Waals surface area contributed by atoms with Crippen LogP contribution in [0.5, 0.6) is 0 Å². The third-order valence-electron chi connectivity index (χ3n) is 8.16. The molecule has 0 unspecified atom stereocenters. The van der Waals surface area contributed by atoms with Gasteiger partial charge in [0.15, 0.2) is 5.65 Å². The number of hydrogen-bond acceptors (Lipinski definition) is 8. The molecule has 46 heavy (non-hydrogen) atoms. The van der Waals surface area contributed by atoms with Gasteiger partial charge in [0.05, 0.1) is 28.0 Å². The SMILES string of the molecule is Cc1ccc(F)c(-c2nc3c(cc2C#N)c(N2C[C@@H](C)N(C(=O)OC(C)(C)C)C[C@@H]2C)nc(=O)n3-c2c(C)ccnc2C(C)C)c1. The Morgan fingerprint density at radius 2 is 1.80 bits per heavy atom. The van der Waals surface area contributed by atoms with Crippen LogP contribution in [-0.2, 0) is 4.74 Å². The van der Waals surface area contributed by atoms with Crippen LogP contribution in [0.25, 0.3) is 28.0 Å². The zero-order chi connectivity index (χ0) is 33.7. The minimum atomic E-state index is -0.646. The number of nitrogens with zero attached hydrogens (tertiary/aromatic N) is 7. The highest BCUT2D eigenvalue weighted by Gasteiger charge is 2.36. The van der Waals surface area contributed by atoms with Crippen molar-refractivity contribution >= 4 is 22.9 Å². The molecule has 0 N–H and O–H groups in total. The predicted octanol–water partition coefficient (Wildman–Crippen LogP) is 6.43. The van der Waals surface area contributed by atoms with Gasteiger partial charge < -0.3 is 14.5 Å². The van der Waals surface area contributed by atoms with E-state index in [1.165, 1.54) is 10.6 Å². The maximum absolute atomic E-state index is 15.3. The number of ether oxygens (including phenoxy) is 1. The zero-order valence-corrected chi connectivity index (χ0v) is 27.8. The lowest BCUT2D eigenvalue weighted by molar-refractivity contribution is 0.0130. The average molecular weight is 626 g/mol. The van der Waals surface area contributed by atoms with E-state index in [1.54, 1.807) is 29.3 Å². The third kappa shape index (κ3) is 6.04. The first-order valence-electron chi connectivity index (χ1n) is 15.5. The van der Waals surface area contributed by atoms with Crippen LogP contribution in [0.15, 0.2) is 41.3 Å². The Kier molecular flexibility index (Phi) is 8.60. The van der Waals surface area contributed by atoms with Crippen molar-refractivity contribution in [2.75, 3.05) is 18.0 Å². The van der Waals surface area contributed by atoms with Crippen LogP contribution in [0, 0.1) is 31.0 Å². The second kappa shape index (κ2) is 12.2. The number of halogens is 1. The van der Waals surface area contributed by atoms with E-state index in [0.29, 0.717) is 35.7 Å². The lowest BCUT2D eigenvalue weighted by atomic mass is 10.0. The fourth-order valence-electron chi connectivity index (χ4n) is 5.94. The minimum absolute atomic E-state index is 0.0367. The molecule has 1 amide bonds. The third-order valence-corrected chi connectivity index (χ3v) is 8.16. The number of hydrogen-bond donors (Lipinski definition) is 0. The first kappa shape index (κ1) is 32.5. The van der Waals surface area contributed by atoms with Crippen LogP contribution in [0.1, 0.15) is 76.8 Å². The van der Waals surface area contributed by atoms with Crippen molar-refractivity contribution in [3.63, 3.8) is 0 Å². The van der Waals surface area contributed by atoms with E-state index in [2.05, 4.69) is 16.0 Å². The van der Waals surface area contributed by atoms with Crippen molar-refractivity contribution in [2.45, 2.75) is 85.9 Å². The molecule has 240 valence electrons. The van der Waals surface area contributed by atoms with Gasteiger partial charge in [0, 0.05) is 36.9 Å². The standard InChI is InChI=1S/C35H40FN7O3/c1-19(2)28-30(21(4)12-13-38-28)43-32-26(15-24(16-37)29(39-32)25-14-20(3)10-11-27(25)36)31(40-33(43)44)41-17-23(6)42(18-22(41)5)34(45)46-35(7,8)9/h10-15,19,22-23H,17-18H2,1-9H3/t22-,23+/m0/s1. The van der Waals surface area contributed by atoms with E-state index < -0.39 is 23.2 Å². The minimum Gasteiger partial charge on any atom is -0.444 e.